The van der Waals surface area contributed by atoms with Crippen molar-refractivity contribution < 1.29 is 13.2 Å². The van der Waals surface area contributed by atoms with Gasteiger partial charge in [0.1, 0.15) is 5.82 Å². The SMILES string of the molecule is O=C(CN1CCN(c2cnccn2)CC1)N1CCN(S(=O)(=O)c2ccc3ccccc3c2)CC1. The van der Waals surface area contributed by atoms with E-state index >= 15 is 0 Å². The van der Waals surface area contributed by atoms with Crippen LogP contribution in [0.5, 0.6) is 0 Å². The first-order valence-corrected chi connectivity index (χ1v) is 12.9. The minimum atomic E-state index is -3.59. The second kappa shape index (κ2) is 9.65. The zero-order chi connectivity index (χ0) is 23.5. The van der Waals surface area contributed by atoms with Gasteiger partial charge in [-0.2, -0.15) is 4.31 Å². The molecule has 2 aromatic carbocycles. The van der Waals surface area contributed by atoms with Gasteiger partial charge in [-0.1, -0.05) is 30.3 Å². The number of hydrogen-bond donors (Lipinski definition) is 0. The number of hydrogen-bond acceptors (Lipinski definition) is 7. The van der Waals surface area contributed by atoms with E-state index in [2.05, 4.69) is 19.8 Å². The first-order chi connectivity index (χ1) is 16.5. The first-order valence-electron chi connectivity index (χ1n) is 11.5. The summed E-state index contributed by atoms with van der Waals surface area (Å²) in [4.78, 5) is 27.7. The molecule has 0 spiro atoms. The highest BCUT2D eigenvalue weighted by atomic mass is 32.2. The number of sulfonamides is 1. The van der Waals surface area contributed by atoms with Crippen LogP contribution in [0.15, 0.2) is 66.0 Å². The number of rotatable bonds is 5. The zero-order valence-electron chi connectivity index (χ0n) is 19.0. The van der Waals surface area contributed by atoms with E-state index in [9.17, 15) is 13.2 Å². The average molecular weight is 481 g/mol. The van der Waals surface area contributed by atoms with E-state index in [0.717, 1.165) is 42.8 Å². The van der Waals surface area contributed by atoms with Gasteiger partial charge in [-0.05, 0) is 22.9 Å². The Bertz CT molecular complexity index is 1250. The summed E-state index contributed by atoms with van der Waals surface area (Å²) in [6.45, 7) is 4.93. The molecule has 178 valence electrons. The van der Waals surface area contributed by atoms with E-state index in [1.54, 1.807) is 35.6 Å². The van der Waals surface area contributed by atoms with Crippen LogP contribution in [0.3, 0.4) is 0 Å². The van der Waals surface area contributed by atoms with Crippen LogP contribution in [0.1, 0.15) is 0 Å². The Morgan fingerprint density at radius 2 is 1.59 bits per heavy atom. The molecule has 1 aromatic heterocycles. The predicted octanol–water partition coefficient (Wildman–Crippen LogP) is 1.28. The van der Waals surface area contributed by atoms with Gasteiger partial charge in [-0.3, -0.25) is 14.7 Å². The molecule has 10 heteroatoms. The summed E-state index contributed by atoms with van der Waals surface area (Å²) in [5.41, 5.74) is 0. The van der Waals surface area contributed by atoms with E-state index in [-0.39, 0.29) is 5.91 Å². The Hall–Kier alpha value is -3.08. The van der Waals surface area contributed by atoms with Crippen LogP contribution < -0.4 is 4.90 Å². The van der Waals surface area contributed by atoms with Crippen molar-refractivity contribution in [1.82, 2.24) is 24.1 Å². The van der Waals surface area contributed by atoms with Crippen molar-refractivity contribution in [2.45, 2.75) is 4.90 Å². The Balaban J connectivity index is 1.14. The molecular weight excluding hydrogens is 452 g/mol. The van der Waals surface area contributed by atoms with Gasteiger partial charge in [0.15, 0.2) is 0 Å². The monoisotopic (exact) mass is 480 g/mol. The quantitative estimate of drug-likeness (QED) is 0.544. The standard InChI is InChI=1S/C24H28N6O3S/c31-24(19-27-9-11-28(12-10-27)23-18-25-7-8-26-23)29-13-15-30(16-14-29)34(32,33)22-6-5-20-3-1-2-4-21(20)17-22/h1-8,17-18H,9-16,19H2. The lowest BCUT2D eigenvalue weighted by molar-refractivity contribution is -0.133. The Morgan fingerprint density at radius 3 is 2.29 bits per heavy atom. The third kappa shape index (κ3) is 4.75. The number of anilines is 1. The molecule has 0 atom stereocenters. The number of aromatic nitrogens is 2. The van der Waals surface area contributed by atoms with Crippen LogP contribution >= 0.6 is 0 Å². The largest absolute Gasteiger partial charge is 0.353 e. The van der Waals surface area contributed by atoms with Gasteiger partial charge in [0.25, 0.3) is 0 Å². The van der Waals surface area contributed by atoms with Crippen LogP contribution in [0, 0.1) is 0 Å². The highest BCUT2D eigenvalue weighted by Gasteiger charge is 2.31. The maximum absolute atomic E-state index is 13.2. The van der Waals surface area contributed by atoms with E-state index in [1.807, 2.05) is 30.3 Å². The lowest BCUT2D eigenvalue weighted by atomic mass is 10.1. The lowest BCUT2D eigenvalue weighted by Gasteiger charge is -2.37. The van der Waals surface area contributed by atoms with Crippen LogP contribution in [0.25, 0.3) is 10.8 Å². The zero-order valence-corrected chi connectivity index (χ0v) is 19.8. The Morgan fingerprint density at radius 1 is 0.853 bits per heavy atom. The molecule has 0 bridgehead atoms. The van der Waals surface area contributed by atoms with Crippen molar-refractivity contribution in [3.8, 4) is 0 Å². The molecule has 0 aliphatic carbocycles. The molecule has 2 aliphatic heterocycles. The van der Waals surface area contributed by atoms with Crippen molar-refractivity contribution in [3.05, 3.63) is 61.1 Å². The molecule has 0 unspecified atom stereocenters. The molecule has 1 amide bonds. The number of carbonyl (C=O) groups is 1. The number of amides is 1. The molecule has 2 fully saturated rings. The van der Waals surface area contributed by atoms with E-state index in [0.29, 0.717) is 37.6 Å². The van der Waals surface area contributed by atoms with Crippen LogP contribution in [-0.2, 0) is 14.8 Å². The third-order valence-corrected chi connectivity index (χ3v) is 8.45. The summed E-state index contributed by atoms with van der Waals surface area (Å²) in [5, 5.41) is 1.91. The summed E-state index contributed by atoms with van der Waals surface area (Å²) in [5.74, 6) is 0.910. The summed E-state index contributed by atoms with van der Waals surface area (Å²) in [6.07, 6.45) is 5.10. The number of benzene rings is 2. The van der Waals surface area contributed by atoms with E-state index < -0.39 is 10.0 Å². The van der Waals surface area contributed by atoms with E-state index in [1.165, 1.54) is 4.31 Å². The smallest absolute Gasteiger partial charge is 0.243 e. The maximum atomic E-state index is 13.2. The first kappa shape index (κ1) is 22.7. The molecule has 3 aromatic rings. The molecule has 0 N–H and O–H groups in total. The second-order valence-electron chi connectivity index (χ2n) is 8.62. The van der Waals surface area contributed by atoms with Gasteiger partial charge in [-0.25, -0.2) is 13.4 Å². The average Bonchev–Trinajstić information content (AvgIpc) is 2.89. The van der Waals surface area contributed by atoms with Gasteiger partial charge in [0.2, 0.25) is 15.9 Å². The molecular formula is C24H28N6O3S. The summed E-state index contributed by atoms with van der Waals surface area (Å²) >= 11 is 0. The second-order valence-corrected chi connectivity index (χ2v) is 10.6. The van der Waals surface area contributed by atoms with Crippen molar-refractivity contribution in [3.63, 3.8) is 0 Å². The van der Waals surface area contributed by atoms with Gasteiger partial charge in [0.05, 0.1) is 17.6 Å². The van der Waals surface area contributed by atoms with Crippen molar-refractivity contribution in [2.24, 2.45) is 0 Å². The summed E-state index contributed by atoms with van der Waals surface area (Å²) in [7, 11) is -3.59. The van der Waals surface area contributed by atoms with Gasteiger partial charge < -0.3 is 9.80 Å². The number of carbonyl (C=O) groups excluding carboxylic acids is 1. The number of piperazine rings is 2. The van der Waals surface area contributed by atoms with Gasteiger partial charge >= 0.3 is 0 Å². The molecule has 3 heterocycles. The lowest BCUT2D eigenvalue weighted by Crippen LogP contribution is -2.54. The topological polar surface area (TPSA) is 90.0 Å². The number of fused-ring (bicyclic) bond motifs is 1. The predicted molar refractivity (Wildman–Crippen MR) is 130 cm³/mol. The Kier molecular flexibility index (Phi) is 6.44. The highest BCUT2D eigenvalue weighted by molar-refractivity contribution is 7.89. The molecule has 9 nitrogen and oxygen atoms in total. The maximum Gasteiger partial charge on any atom is 0.243 e. The normalized spacial score (nSPS) is 18.4. The molecule has 0 radical (unpaired) electrons. The highest BCUT2D eigenvalue weighted by Crippen LogP contribution is 2.23. The summed E-state index contributed by atoms with van der Waals surface area (Å²) in [6, 6.07) is 12.9. The molecule has 5 rings (SSSR count). The van der Waals surface area contributed by atoms with Crippen molar-refractivity contribution in [1.29, 1.82) is 0 Å². The minimum Gasteiger partial charge on any atom is -0.353 e. The van der Waals surface area contributed by atoms with E-state index in [4.69, 9.17) is 0 Å². The van der Waals surface area contributed by atoms with Crippen molar-refractivity contribution >= 4 is 32.5 Å². The van der Waals surface area contributed by atoms with Crippen LogP contribution in [0.4, 0.5) is 5.82 Å². The Labute approximate surface area is 199 Å². The van der Waals surface area contributed by atoms with Crippen molar-refractivity contribution in [2.75, 3.05) is 63.8 Å². The fourth-order valence-corrected chi connectivity index (χ4v) is 5.99. The fourth-order valence-electron chi connectivity index (χ4n) is 4.54. The minimum absolute atomic E-state index is 0.0516. The van der Waals surface area contributed by atoms with Gasteiger partial charge in [-0.15, -0.1) is 0 Å². The molecule has 2 aliphatic rings. The van der Waals surface area contributed by atoms with Gasteiger partial charge in [0, 0.05) is 64.8 Å². The fraction of sp³-hybridized carbons (Fsp3) is 0.375. The molecule has 2 saturated heterocycles. The molecule has 34 heavy (non-hydrogen) atoms. The number of nitrogens with zero attached hydrogens (tertiary/aromatic N) is 6. The van der Waals surface area contributed by atoms with Crippen LogP contribution in [0.2, 0.25) is 0 Å². The molecule has 0 saturated carbocycles. The third-order valence-electron chi connectivity index (χ3n) is 6.55. The summed E-state index contributed by atoms with van der Waals surface area (Å²) < 4.78 is 27.8. The van der Waals surface area contributed by atoms with Crippen LogP contribution in [-0.4, -0.2) is 97.3 Å².